The molecule has 0 atom stereocenters. The van der Waals surface area contributed by atoms with Gasteiger partial charge in [0.1, 0.15) is 11.1 Å². The quantitative estimate of drug-likeness (QED) is 0.312. The van der Waals surface area contributed by atoms with E-state index in [0.29, 0.717) is 22.0 Å². The number of aromatic nitrogens is 1. The highest BCUT2D eigenvalue weighted by Gasteiger charge is 2.17. The van der Waals surface area contributed by atoms with Gasteiger partial charge in [-0.1, -0.05) is 54.2 Å². The summed E-state index contributed by atoms with van der Waals surface area (Å²) in [6.07, 6.45) is 0. The summed E-state index contributed by atoms with van der Waals surface area (Å²) >= 11 is 2.79. The standard InChI is InChI=1S/C26H20N4O2S2/c1-17(31)28-19-9-5-10-20(13-19)29-25(32)16-34-26-22(15-27)21(18-7-3-2-4-8-18)14-23(30-26)24-11-6-12-33-24/h2-14H,16H2,1H3,(H,28,31)(H,29,32). The number of hydrogen-bond acceptors (Lipinski definition) is 6. The highest BCUT2D eigenvalue weighted by atomic mass is 32.2. The van der Waals surface area contributed by atoms with Gasteiger partial charge in [0.05, 0.1) is 21.9 Å². The number of nitrogens with one attached hydrogen (secondary N) is 2. The summed E-state index contributed by atoms with van der Waals surface area (Å²) in [7, 11) is 0. The lowest BCUT2D eigenvalue weighted by Gasteiger charge is -2.12. The van der Waals surface area contributed by atoms with E-state index in [9.17, 15) is 14.9 Å². The monoisotopic (exact) mass is 484 g/mol. The zero-order valence-corrected chi connectivity index (χ0v) is 19.9. The SMILES string of the molecule is CC(=O)Nc1cccc(NC(=O)CSc2nc(-c3cccs3)cc(-c3ccccc3)c2C#N)c1. The number of benzene rings is 2. The zero-order chi connectivity index (χ0) is 23.9. The summed E-state index contributed by atoms with van der Waals surface area (Å²) in [6.45, 7) is 1.43. The molecule has 2 aromatic carbocycles. The van der Waals surface area contributed by atoms with Crippen LogP contribution in [0.5, 0.6) is 0 Å². The number of thioether (sulfide) groups is 1. The Balaban J connectivity index is 1.59. The molecule has 0 saturated carbocycles. The normalized spacial score (nSPS) is 10.4. The van der Waals surface area contributed by atoms with Gasteiger partial charge in [0.2, 0.25) is 11.8 Å². The van der Waals surface area contributed by atoms with Crippen molar-refractivity contribution in [2.75, 3.05) is 16.4 Å². The third-order valence-electron chi connectivity index (χ3n) is 4.76. The summed E-state index contributed by atoms with van der Waals surface area (Å²) in [6, 6.07) is 24.8. The van der Waals surface area contributed by atoms with Crippen molar-refractivity contribution in [3.63, 3.8) is 0 Å². The van der Waals surface area contributed by atoms with Crippen LogP contribution in [0.1, 0.15) is 12.5 Å². The van der Waals surface area contributed by atoms with Gasteiger partial charge >= 0.3 is 0 Å². The molecule has 6 nitrogen and oxygen atoms in total. The number of amides is 2. The molecule has 2 amide bonds. The second-order valence-corrected chi connectivity index (χ2v) is 9.20. The Labute approximate surface area is 205 Å². The van der Waals surface area contributed by atoms with Crippen LogP contribution in [0.15, 0.2) is 83.2 Å². The van der Waals surface area contributed by atoms with Crippen LogP contribution in [0, 0.1) is 11.3 Å². The first-order chi connectivity index (χ1) is 16.5. The minimum atomic E-state index is -0.238. The molecule has 8 heteroatoms. The number of pyridine rings is 1. The first-order valence-electron chi connectivity index (χ1n) is 10.4. The van der Waals surface area contributed by atoms with Gasteiger partial charge in [-0.25, -0.2) is 4.98 Å². The Hall–Kier alpha value is -3.93. The number of thiophene rings is 1. The van der Waals surface area contributed by atoms with Crippen LogP contribution in [0.25, 0.3) is 21.7 Å². The molecule has 34 heavy (non-hydrogen) atoms. The lowest BCUT2D eigenvalue weighted by Crippen LogP contribution is -2.15. The minimum Gasteiger partial charge on any atom is -0.326 e. The Morgan fingerprint density at radius 1 is 1.00 bits per heavy atom. The Bertz CT molecular complexity index is 1360. The van der Waals surface area contributed by atoms with Crippen molar-refractivity contribution in [3.05, 3.63) is 83.7 Å². The summed E-state index contributed by atoms with van der Waals surface area (Å²) in [5.41, 5.74) is 4.08. The molecule has 0 aliphatic rings. The molecule has 4 aromatic rings. The topological polar surface area (TPSA) is 94.9 Å². The van der Waals surface area contributed by atoms with Crippen LogP contribution in [0.3, 0.4) is 0 Å². The molecule has 0 fully saturated rings. The molecule has 0 unspecified atom stereocenters. The van der Waals surface area contributed by atoms with Crippen LogP contribution in [0.2, 0.25) is 0 Å². The Morgan fingerprint density at radius 3 is 2.44 bits per heavy atom. The molecule has 4 rings (SSSR count). The van der Waals surface area contributed by atoms with E-state index < -0.39 is 0 Å². The largest absolute Gasteiger partial charge is 0.326 e. The molecule has 0 aliphatic heterocycles. The maximum Gasteiger partial charge on any atom is 0.234 e. The Kier molecular flexibility index (Phi) is 7.38. The fraction of sp³-hybridized carbons (Fsp3) is 0.0769. The lowest BCUT2D eigenvalue weighted by molar-refractivity contribution is -0.114. The lowest BCUT2D eigenvalue weighted by atomic mass is 10.0. The number of nitriles is 1. The molecule has 0 bridgehead atoms. The second kappa shape index (κ2) is 10.8. The van der Waals surface area contributed by atoms with Gasteiger partial charge < -0.3 is 10.6 Å². The average molecular weight is 485 g/mol. The number of anilines is 2. The summed E-state index contributed by atoms with van der Waals surface area (Å²) < 4.78 is 0. The molecule has 0 aliphatic carbocycles. The van der Waals surface area contributed by atoms with Crippen molar-refractivity contribution in [1.82, 2.24) is 4.98 Å². The minimum absolute atomic E-state index is 0.0775. The zero-order valence-electron chi connectivity index (χ0n) is 18.2. The number of rotatable bonds is 7. The molecule has 0 radical (unpaired) electrons. The van der Waals surface area contributed by atoms with Crippen molar-refractivity contribution in [3.8, 4) is 27.8 Å². The molecule has 2 heterocycles. The average Bonchev–Trinajstić information content (AvgIpc) is 3.37. The molecule has 0 spiro atoms. The predicted octanol–water partition coefficient (Wildman–Crippen LogP) is 6.04. The van der Waals surface area contributed by atoms with Gasteiger partial charge in [-0.05, 0) is 41.3 Å². The third-order valence-corrected chi connectivity index (χ3v) is 6.63. The number of carbonyl (C=O) groups excluding carboxylic acids is 2. The molecular formula is C26H20N4O2S2. The van der Waals surface area contributed by atoms with Crippen LogP contribution in [-0.2, 0) is 9.59 Å². The fourth-order valence-electron chi connectivity index (χ4n) is 3.34. The van der Waals surface area contributed by atoms with Crippen LogP contribution >= 0.6 is 23.1 Å². The first kappa shape index (κ1) is 23.2. The van der Waals surface area contributed by atoms with Crippen molar-refractivity contribution >= 4 is 46.3 Å². The van der Waals surface area contributed by atoms with Crippen LogP contribution in [0.4, 0.5) is 11.4 Å². The van der Waals surface area contributed by atoms with E-state index in [1.165, 1.54) is 18.7 Å². The van der Waals surface area contributed by atoms with Gasteiger partial charge in [0.15, 0.2) is 0 Å². The van der Waals surface area contributed by atoms with E-state index in [1.54, 1.807) is 35.6 Å². The highest BCUT2D eigenvalue weighted by Crippen LogP contribution is 2.35. The van der Waals surface area contributed by atoms with E-state index in [2.05, 4.69) is 16.7 Å². The number of nitrogens with zero attached hydrogens (tertiary/aromatic N) is 2. The number of hydrogen-bond donors (Lipinski definition) is 2. The molecule has 2 aromatic heterocycles. The van der Waals surface area contributed by atoms with Crippen LogP contribution in [-0.4, -0.2) is 22.6 Å². The molecule has 168 valence electrons. The van der Waals surface area contributed by atoms with E-state index in [4.69, 9.17) is 4.98 Å². The van der Waals surface area contributed by atoms with Gasteiger partial charge in [-0.15, -0.1) is 11.3 Å². The van der Waals surface area contributed by atoms with E-state index in [1.807, 2.05) is 53.9 Å². The fourth-order valence-corrected chi connectivity index (χ4v) is 4.83. The Morgan fingerprint density at radius 2 is 1.76 bits per heavy atom. The highest BCUT2D eigenvalue weighted by molar-refractivity contribution is 8.00. The molecular weight excluding hydrogens is 464 g/mol. The maximum absolute atomic E-state index is 12.7. The summed E-state index contributed by atoms with van der Waals surface area (Å²) in [5, 5.41) is 18.0. The number of carbonyl (C=O) groups is 2. The smallest absolute Gasteiger partial charge is 0.234 e. The van der Waals surface area contributed by atoms with E-state index in [-0.39, 0.29) is 17.6 Å². The summed E-state index contributed by atoms with van der Waals surface area (Å²) in [5.74, 6) is -0.346. The van der Waals surface area contributed by atoms with Gasteiger partial charge in [-0.3, -0.25) is 9.59 Å². The van der Waals surface area contributed by atoms with Crippen molar-refractivity contribution in [1.29, 1.82) is 5.26 Å². The van der Waals surface area contributed by atoms with Crippen molar-refractivity contribution in [2.45, 2.75) is 11.9 Å². The van der Waals surface area contributed by atoms with Gasteiger partial charge in [-0.2, -0.15) is 5.26 Å². The van der Waals surface area contributed by atoms with E-state index in [0.717, 1.165) is 21.7 Å². The predicted molar refractivity (Wildman–Crippen MR) is 138 cm³/mol. The third kappa shape index (κ3) is 5.70. The molecule has 0 saturated heterocycles. The van der Waals surface area contributed by atoms with Gasteiger partial charge in [0, 0.05) is 23.9 Å². The van der Waals surface area contributed by atoms with Gasteiger partial charge in [0.25, 0.3) is 0 Å². The second-order valence-electron chi connectivity index (χ2n) is 7.29. The van der Waals surface area contributed by atoms with Crippen molar-refractivity contribution in [2.24, 2.45) is 0 Å². The van der Waals surface area contributed by atoms with E-state index >= 15 is 0 Å². The molecule has 2 N–H and O–H groups in total. The first-order valence-corrected chi connectivity index (χ1v) is 12.2. The van der Waals surface area contributed by atoms with Crippen molar-refractivity contribution < 1.29 is 9.59 Å². The van der Waals surface area contributed by atoms with Crippen LogP contribution < -0.4 is 10.6 Å². The summed E-state index contributed by atoms with van der Waals surface area (Å²) in [4.78, 5) is 29.6. The maximum atomic E-state index is 12.7.